The third-order valence-electron chi connectivity index (χ3n) is 4.06. The lowest BCUT2D eigenvalue weighted by Crippen LogP contribution is -3.10. The second kappa shape index (κ2) is 7.47. The fraction of sp³-hybridized carbons (Fsp3) is 0.222. The number of fused-ring (bicyclic) bond motifs is 1. The van der Waals surface area contributed by atoms with Crippen LogP contribution < -0.4 is 10.2 Å². The Kier molecular flexibility index (Phi) is 5.32. The van der Waals surface area contributed by atoms with Crippen LogP contribution in [0.1, 0.15) is 18.0 Å². The van der Waals surface area contributed by atoms with Crippen molar-refractivity contribution < 1.29 is 14.1 Å². The summed E-state index contributed by atoms with van der Waals surface area (Å²) < 4.78 is 14.3. The first-order chi connectivity index (χ1) is 11.9. The van der Waals surface area contributed by atoms with E-state index >= 15 is 0 Å². The molecule has 7 heteroatoms. The minimum atomic E-state index is -0.508. The number of carbonyl (C=O) groups is 1. The number of rotatable bonds is 5. The highest BCUT2D eigenvalue weighted by Gasteiger charge is 2.22. The van der Waals surface area contributed by atoms with Gasteiger partial charge in [-0.25, -0.2) is 9.37 Å². The standard InChI is InChI=1S/C18H17ClFN3OS/c1-11(18-22-15-5-3-4-6-16(15)25-18)23(2)10-17(24)21-12-7-8-14(20)13(19)9-12/h3-9,11H,10H2,1-2H3,(H,21,24)/p+1/t11-/m0/s1. The minimum absolute atomic E-state index is 0.0126. The van der Waals surface area contributed by atoms with Crippen LogP contribution in [0.2, 0.25) is 5.02 Å². The lowest BCUT2D eigenvalue weighted by Gasteiger charge is -2.19. The number of halogens is 2. The van der Waals surface area contributed by atoms with Crippen LogP contribution in [-0.4, -0.2) is 24.5 Å². The van der Waals surface area contributed by atoms with E-state index in [1.807, 2.05) is 31.3 Å². The number of quaternary nitrogens is 1. The average molecular weight is 379 g/mol. The molecule has 25 heavy (non-hydrogen) atoms. The van der Waals surface area contributed by atoms with Gasteiger partial charge in [0, 0.05) is 5.69 Å². The van der Waals surface area contributed by atoms with Crippen LogP contribution in [-0.2, 0) is 4.79 Å². The second-order valence-electron chi connectivity index (χ2n) is 5.94. The van der Waals surface area contributed by atoms with Crippen LogP contribution in [0.15, 0.2) is 42.5 Å². The molecule has 4 nitrogen and oxygen atoms in total. The van der Waals surface area contributed by atoms with Gasteiger partial charge in [0.15, 0.2) is 11.6 Å². The molecular weight excluding hydrogens is 361 g/mol. The maximum Gasteiger partial charge on any atom is 0.279 e. The van der Waals surface area contributed by atoms with E-state index in [2.05, 4.69) is 17.2 Å². The summed E-state index contributed by atoms with van der Waals surface area (Å²) in [5.74, 6) is -0.667. The van der Waals surface area contributed by atoms with Crippen molar-refractivity contribution in [3.63, 3.8) is 0 Å². The molecule has 0 aliphatic rings. The van der Waals surface area contributed by atoms with Crippen molar-refractivity contribution in [3.8, 4) is 0 Å². The number of aromatic nitrogens is 1. The largest absolute Gasteiger partial charge is 0.322 e. The summed E-state index contributed by atoms with van der Waals surface area (Å²) >= 11 is 7.38. The summed E-state index contributed by atoms with van der Waals surface area (Å²) in [6.07, 6.45) is 0. The number of nitrogens with one attached hydrogen (secondary N) is 2. The summed E-state index contributed by atoms with van der Waals surface area (Å²) in [7, 11) is 1.95. The van der Waals surface area contributed by atoms with E-state index in [4.69, 9.17) is 11.6 Å². The Balaban J connectivity index is 1.64. The van der Waals surface area contributed by atoms with Crippen LogP contribution in [0.4, 0.5) is 10.1 Å². The van der Waals surface area contributed by atoms with E-state index in [0.29, 0.717) is 5.69 Å². The molecule has 130 valence electrons. The number of hydrogen-bond acceptors (Lipinski definition) is 3. The van der Waals surface area contributed by atoms with Crippen LogP contribution in [0.25, 0.3) is 10.2 Å². The Bertz CT molecular complexity index is 881. The normalized spacial score (nSPS) is 13.6. The Morgan fingerprint density at radius 1 is 1.36 bits per heavy atom. The van der Waals surface area contributed by atoms with Gasteiger partial charge in [-0.2, -0.15) is 0 Å². The first-order valence-electron chi connectivity index (χ1n) is 7.86. The number of likely N-dealkylation sites (N-methyl/N-ethyl adjacent to an activating group) is 1. The molecule has 1 aromatic heterocycles. The molecule has 3 rings (SSSR count). The number of hydrogen-bond donors (Lipinski definition) is 2. The minimum Gasteiger partial charge on any atom is -0.322 e. The summed E-state index contributed by atoms with van der Waals surface area (Å²) in [5.41, 5.74) is 1.46. The zero-order valence-corrected chi connectivity index (χ0v) is 15.4. The van der Waals surface area contributed by atoms with Crippen molar-refractivity contribution in [1.82, 2.24) is 4.98 Å². The van der Waals surface area contributed by atoms with E-state index in [9.17, 15) is 9.18 Å². The Morgan fingerprint density at radius 2 is 2.12 bits per heavy atom. The number of amides is 1. The van der Waals surface area contributed by atoms with Gasteiger partial charge < -0.3 is 10.2 Å². The summed E-state index contributed by atoms with van der Waals surface area (Å²) in [6, 6.07) is 12.2. The highest BCUT2D eigenvalue weighted by atomic mass is 35.5. The molecule has 2 N–H and O–H groups in total. The molecule has 2 atom stereocenters. The maximum absolute atomic E-state index is 13.2. The molecule has 3 aromatic rings. The van der Waals surface area contributed by atoms with Gasteiger partial charge in [0.25, 0.3) is 5.91 Å². The molecule has 0 aliphatic carbocycles. The number of para-hydroxylation sites is 1. The van der Waals surface area contributed by atoms with Crippen molar-refractivity contribution >= 4 is 44.7 Å². The van der Waals surface area contributed by atoms with Gasteiger partial charge in [-0.05, 0) is 37.3 Å². The summed E-state index contributed by atoms with van der Waals surface area (Å²) in [4.78, 5) is 17.9. The fourth-order valence-electron chi connectivity index (χ4n) is 2.47. The van der Waals surface area contributed by atoms with Gasteiger partial charge in [0.1, 0.15) is 11.9 Å². The van der Waals surface area contributed by atoms with Crippen molar-refractivity contribution in [1.29, 1.82) is 0 Å². The topological polar surface area (TPSA) is 46.4 Å². The molecule has 1 heterocycles. The monoisotopic (exact) mass is 378 g/mol. The van der Waals surface area contributed by atoms with Gasteiger partial charge in [-0.15, -0.1) is 11.3 Å². The predicted molar refractivity (Wildman–Crippen MR) is 99.8 cm³/mol. The third-order valence-corrected chi connectivity index (χ3v) is 5.57. The van der Waals surface area contributed by atoms with Gasteiger partial charge in [-0.3, -0.25) is 4.79 Å². The average Bonchev–Trinajstić information content (AvgIpc) is 3.01. The van der Waals surface area contributed by atoms with E-state index in [1.54, 1.807) is 11.3 Å². The van der Waals surface area contributed by atoms with Crippen molar-refractivity contribution in [2.24, 2.45) is 0 Å². The highest BCUT2D eigenvalue weighted by Crippen LogP contribution is 2.24. The first kappa shape index (κ1) is 17.8. The second-order valence-corrected chi connectivity index (χ2v) is 7.41. The Morgan fingerprint density at radius 3 is 2.84 bits per heavy atom. The molecule has 0 spiro atoms. The predicted octanol–water partition coefficient (Wildman–Crippen LogP) is 3.30. The summed E-state index contributed by atoms with van der Waals surface area (Å²) in [6.45, 7) is 2.32. The lowest BCUT2D eigenvalue weighted by atomic mass is 10.3. The highest BCUT2D eigenvalue weighted by molar-refractivity contribution is 7.18. The smallest absolute Gasteiger partial charge is 0.279 e. The third kappa shape index (κ3) is 4.15. The lowest BCUT2D eigenvalue weighted by molar-refractivity contribution is -0.902. The molecule has 1 unspecified atom stereocenters. The molecular formula is C18H18ClFN3OS+. The van der Waals surface area contributed by atoms with E-state index in [-0.39, 0.29) is 23.5 Å². The van der Waals surface area contributed by atoms with Gasteiger partial charge in [0.2, 0.25) is 0 Å². The molecule has 0 bridgehead atoms. The number of nitrogens with zero attached hydrogens (tertiary/aromatic N) is 1. The molecule has 1 amide bonds. The Labute approximate surface area is 154 Å². The zero-order valence-electron chi connectivity index (χ0n) is 13.8. The van der Waals surface area contributed by atoms with Gasteiger partial charge >= 0.3 is 0 Å². The van der Waals surface area contributed by atoms with Crippen molar-refractivity contribution in [2.75, 3.05) is 18.9 Å². The van der Waals surface area contributed by atoms with Gasteiger partial charge in [0.05, 0.1) is 22.3 Å². The Hall–Kier alpha value is -2.02. The van der Waals surface area contributed by atoms with Crippen LogP contribution in [0.3, 0.4) is 0 Å². The van der Waals surface area contributed by atoms with Crippen LogP contribution >= 0.6 is 22.9 Å². The molecule has 2 aromatic carbocycles. The van der Waals surface area contributed by atoms with Gasteiger partial charge in [-0.1, -0.05) is 23.7 Å². The number of anilines is 1. The quantitative estimate of drug-likeness (QED) is 0.715. The van der Waals surface area contributed by atoms with E-state index in [0.717, 1.165) is 20.1 Å². The maximum atomic E-state index is 13.2. The number of thiazole rings is 1. The van der Waals surface area contributed by atoms with Crippen LogP contribution in [0, 0.1) is 5.82 Å². The summed E-state index contributed by atoms with van der Waals surface area (Å²) in [5, 5.41) is 3.73. The number of benzene rings is 2. The molecule has 0 saturated carbocycles. The fourth-order valence-corrected chi connectivity index (χ4v) is 3.76. The first-order valence-corrected chi connectivity index (χ1v) is 9.06. The number of carbonyl (C=O) groups excluding carboxylic acids is 1. The van der Waals surface area contributed by atoms with Crippen molar-refractivity contribution in [2.45, 2.75) is 13.0 Å². The molecule has 0 saturated heterocycles. The molecule has 0 fully saturated rings. The molecule has 0 radical (unpaired) electrons. The zero-order chi connectivity index (χ0) is 18.0. The molecule has 0 aliphatic heterocycles. The van der Waals surface area contributed by atoms with Crippen LogP contribution in [0.5, 0.6) is 0 Å². The van der Waals surface area contributed by atoms with Crippen molar-refractivity contribution in [3.05, 3.63) is 58.3 Å². The SMILES string of the molecule is C[C@@H](c1nc2ccccc2s1)[NH+](C)CC(=O)Nc1ccc(F)c(Cl)c1. The van der Waals surface area contributed by atoms with E-state index in [1.165, 1.54) is 18.2 Å². The van der Waals surface area contributed by atoms with E-state index < -0.39 is 5.82 Å².